The van der Waals surface area contributed by atoms with Gasteiger partial charge in [0.1, 0.15) is 11.3 Å². The summed E-state index contributed by atoms with van der Waals surface area (Å²) in [6.45, 7) is 0.903. The Morgan fingerprint density at radius 3 is 2.45 bits per heavy atom. The van der Waals surface area contributed by atoms with Crippen molar-refractivity contribution < 1.29 is 31.9 Å². The Balaban J connectivity index is 1.52. The van der Waals surface area contributed by atoms with E-state index in [2.05, 4.69) is 5.32 Å². The molecule has 0 aliphatic carbocycles. The van der Waals surface area contributed by atoms with Crippen LogP contribution in [0.25, 0.3) is 11.0 Å². The van der Waals surface area contributed by atoms with E-state index in [9.17, 15) is 22.8 Å². The minimum atomic E-state index is -3.84. The van der Waals surface area contributed by atoms with E-state index < -0.39 is 40.2 Å². The predicted molar refractivity (Wildman–Crippen MR) is 110 cm³/mol. The van der Waals surface area contributed by atoms with Crippen molar-refractivity contribution in [3.8, 4) is 5.75 Å². The highest BCUT2D eigenvalue weighted by molar-refractivity contribution is 7.89. The molecule has 0 spiro atoms. The number of carbonyl (C=O) groups excluding carboxylic acids is 2. The van der Waals surface area contributed by atoms with E-state index in [1.165, 1.54) is 43.3 Å². The molecule has 162 valence electrons. The van der Waals surface area contributed by atoms with Gasteiger partial charge >= 0.3 is 11.6 Å². The van der Waals surface area contributed by atoms with E-state index in [1.807, 2.05) is 0 Å². The van der Waals surface area contributed by atoms with Gasteiger partial charge in [-0.1, -0.05) is 0 Å². The molecule has 1 atom stereocenters. The second-order valence-corrected chi connectivity index (χ2v) is 7.99. The van der Waals surface area contributed by atoms with Crippen LogP contribution >= 0.6 is 0 Å². The third-order valence-electron chi connectivity index (χ3n) is 4.08. The average molecular weight is 446 g/mol. The number of carbonyl (C=O) groups is 2. The molecule has 3 aromatic rings. The van der Waals surface area contributed by atoms with Gasteiger partial charge in [0.05, 0.1) is 4.90 Å². The molecule has 3 rings (SSSR count). The normalized spacial score (nSPS) is 12.2. The molecule has 0 saturated heterocycles. The molecule has 0 saturated carbocycles. The van der Waals surface area contributed by atoms with E-state index in [0.29, 0.717) is 16.7 Å². The van der Waals surface area contributed by atoms with Gasteiger partial charge in [-0.3, -0.25) is 4.79 Å². The molecule has 1 amide bonds. The molecule has 0 aliphatic rings. The number of sulfonamides is 1. The number of primary sulfonamides is 1. The highest BCUT2D eigenvalue weighted by Crippen LogP contribution is 2.19. The Morgan fingerprint density at radius 2 is 1.77 bits per heavy atom. The summed E-state index contributed by atoms with van der Waals surface area (Å²) in [7, 11) is -3.84. The lowest BCUT2D eigenvalue weighted by atomic mass is 10.2. The van der Waals surface area contributed by atoms with Gasteiger partial charge in [-0.05, 0) is 49.4 Å². The van der Waals surface area contributed by atoms with Crippen molar-refractivity contribution in [1.29, 1.82) is 0 Å². The number of benzene rings is 2. The smallest absolute Gasteiger partial charge is 0.344 e. The number of hydrogen-bond acceptors (Lipinski definition) is 8. The van der Waals surface area contributed by atoms with Crippen LogP contribution < -0.4 is 20.8 Å². The van der Waals surface area contributed by atoms with Crippen LogP contribution in [-0.4, -0.2) is 33.0 Å². The minimum absolute atomic E-state index is 0.102. The quantitative estimate of drug-likeness (QED) is 0.407. The third kappa shape index (κ3) is 5.90. The summed E-state index contributed by atoms with van der Waals surface area (Å²) >= 11 is 0. The average Bonchev–Trinajstić information content (AvgIpc) is 2.71. The van der Waals surface area contributed by atoms with Crippen LogP contribution in [0.2, 0.25) is 0 Å². The van der Waals surface area contributed by atoms with Crippen LogP contribution in [0.15, 0.2) is 68.7 Å². The minimum Gasteiger partial charge on any atom is -0.482 e. The molecule has 0 radical (unpaired) electrons. The summed E-state index contributed by atoms with van der Waals surface area (Å²) in [6, 6.07) is 12.8. The number of fused-ring (bicyclic) bond motifs is 1. The maximum absolute atomic E-state index is 12.2. The number of esters is 1. The van der Waals surface area contributed by atoms with Gasteiger partial charge in [-0.15, -0.1) is 0 Å². The van der Waals surface area contributed by atoms with Crippen molar-refractivity contribution in [3.63, 3.8) is 0 Å². The Bertz CT molecular complexity index is 1280. The molecular formula is C20H18N2O8S. The molecule has 10 nitrogen and oxygen atoms in total. The molecule has 2 aromatic carbocycles. The molecule has 1 unspecified atom stereocenters. The largest absolute Gasteiger partial charge is 0.482 e. The Kier molecular flexibility index (Phi) is 6.37. The first-order valence-electron chi connectivity index (χ1n) is 8.92. The van der Waals surface area contributed by atoms with Crippen molar-refractivity contribution >= 4 is 38.6 Å². The van der Waals surface area contributed by atoms with Gasteiger partial charge in [0, 0.05) is 23.2 Å². The zero-order valence-corrected chi connectivity index (χ0v) is 17.0. The lowest BCUT2D eigenvalue weighted by Gasteiger charge is -2.14. The van der Waals surface area contributed by atoms with Gasteiger partial charge in [-0.2, -0.15) is 0 Å². The van der Waals surface area contributed by atoms with Crippen LogP contribution in [-0.2, 0) is 24.3 Å². The molecular weight excluding hydrogens is 428 g/mol. The van der Waals surface area contributed by atoms with Crippen LogP contribution in [0, 0.1) is 0 Å². The van der Waals surface area contributed by atoms with E-state index in [4.69, 9.17) is 19.0 Å². The van der Waals surface area contributed by atoms with Gasteiger partial charge < -0.3 is 19.2 Å². The summed E-state index contributed by atoms with van der Waals surface area (Å²) in [5.41, 5.74) is 0.0944. The zero-order valence-electron chi connectivity index (χ0n) is 16.2. The molecule has 3 N–H and O–H groups in total. The number of hydrogen-bond donors (Lipinski definition) is 2. The first kappa shape index (κ1) is 22.0. The van der Waals surface area contributed by atoms with E-state index in [-0.39, 0.29) is 10.6 Å². The SMILES string of the molecule is CC(OC(=O)COc1ccc2ccc(=O)oc2c1)C(=O)Nc1ccc(S(N)(=O)=O)cc1. The van der Waals surface area contributed by atoms with Crippen LogP contribution in [0.3, 0.4) is 0 Å². The van der Waals surface area contributed by atoms with Crippen molar-refractivity contribution in [2.75, 3.05) is 11.9 Å². The van der Waals surface area contributed by atoms with Crippen molar-refractivity contribution in [2.45, 2.75) is 17.9 Å². The standard InChI is InChI=1S/C20H18N2O8S/c1-12(20(25)22-14-4-7-16(8-5-14)31(21,26)27)29-19(24)11-28-15-6-2-13-3-9-18(23)30-17(13)10-15/h2-10,12H,11H2,1H3,(H,22,25)(H2,21,26,27). The topological polar surface area (TPSA) is 155 Å². The number of rotatable bonds is 7. The molecule has 0 aliphatic heterocycles. The summed E-state index contributed by atoms with van der Waals surface area (Å²) in [4.78, 5) is 35.3. The highest BCUT2D eigenvalue weighted by atomic mass is 32.2. The van der Waals surface area contributed by atoms with Crippen LogP contribution in [0.1, 0.15) is 6.92 Å². The lowest BCUT2D eigenvalue weighted by molar-refractivity contribution is -0.155. The summed E-state index contributed by atoms with van der Waals surface area (Å²) in [5.74, 6) is -1.13. The second kappa shape index (κ2) is 8.98. The van der Waals surface area contributed by atoms with E-state index in [1.54, 1.807) is 18.2 Å². The van der Waals surface area contributed by atoms with Crippen molar-refractivity contribution in [1.82, 2.24) is 0 Å². The fourth-order valence-electron chi connectivity index (χ4n) is 2.53. The summed E-state index contributed by atoms with van der Waals surface area (Å²) in [5, 5.41) is 8.19. The Hall–Kier alpha value is -3.70. The van der Waals surface area contributed by atoms with E-state index in [0.717, 1.165) is 0 Å². The molecule has 0 bridgehead atoms. The maximum Gasteiger partial charge on any atom is 0.344 e. The van der Waals surface area contributed by atoms with Gasteiger partial charge in [0.25, 0.3) is 5.91 Å². The molecule has 11 heteroatoms. The monoisotopic (exact) mass is 446 g/mol. The van der Waals surface area contributed by atoms with Crippen LogP contribution in [0.5, 0.6) is 5.75 Å². The summed E-state index contributed by atoms with van der Waals surface area (Å²) < 4.78 is 37.9. The molecule has 1 aromatic heterocycles. The van der Waals surface area contributed by atoms with E-state index >= 15 is 0 Å². The van der Waals surface area contributed by atoms with Crippen molar-refractivity contribution in [3.05, 3.63) is 65.0 Å². The third-order valence-corrected chi connectivity index (χ3v) is 5.01. The zero-order chi connectivity index (χ0) is 22.6. The number of amides is 1. The number of nitrogens with one attached hydrogen (secondary N) is 1. The number of ether oxygens (including phenoxy) is 2. The van der Waals surface area contributed by atoms with Gasteiger partial charge in [-0.25, -0.2) is 23.1 Å². The Labute approximate surface area is 176 Å². The second-order valence-electron chi connectivity index (χ2n) is 6.43. The lowest BCUT2D eigenvalue weighted by Crippen LogP contribution is -2.31. The molecule has 31 heavy (non-hydrogen) atoms. The number of nitrogens with two attached hydrogens (primary N) is 1. The van der Waals surface area contributed by atoms with Gasteiger partial charge in [0.2, 0.25) is 10.0 Å². The first-order valence-corrected chi connectivity index (χ1v) is 10.5. The maximum atomic E-state index is 12.2. The predicted octanol–water partition coefficient (Wildman–Crippen LogP) is 1.39. The summed E-state index contributed by atoms with van der Waals surface area (Å²) in [6.07, 6.45) is -1.14. The first-order chi connectivity index (χ1) is 14.6. The van der Waals surface area contributed by atoms with Crippen molar-refractivity contribution in [2.24, 2.45) is 5.14 Å². The Morgan fingerprint density at radius 1 is 1.10 bits per heavy atom. The molecule has 1 heterocycles. The van der Waals surface area contributed by atoms with Gasteiger partial charge in [0.15, 0.2) is 12.7 Å². The van der Waals surface area contributed by atoms with Crippen LogP contribution in [0.4, 0.5) is 5.69 Å². The highest BCUT2D eigenvalue weighted by Gasteiger charge is 2.19. The number of anilines is 1. The molecule has 0 fully saturated rings. The fraction of sp³-hybridized carbons (Fsp3) is 0.150. The fourth-order valence-corrected chi connectivity index (χ4v) is 3.05.